The smallest absolute Gasteiger partial charge is 0.437 e. The summed E-state index contributed by atoms with van der Waals surface area (Å²) in [7, 11) is 0. The lowest BCUT2D eigenvalue weighted by atomic mass is 10.2. The molecule has 1 rings (SSSR count). The molecule has 1 aromatic rings. The maximum absolute atomic E-state index is 12.6. The number of halogens is 2. The molecule has 3 amide bonds. The molecule has 10 nitrogen and oxygen atoms in total. The van der Waals surface area contributed by atoms with Crippen molar-refractivity contribution >= 4 is 57.4 Å². The van der Waals surface area contributed by atoms with E-state index in [0.29, 0.717) is 4.47 Å². The monoisotopic (exact) mass is 491 g/mol. The van der Waals surface area contributed by atoms with Crippen molar-refractivity contribution in [2.24, 2.45) is 10.7 Å². The molecule has 4 N–H and O–H groups in total. The number of aliphatic imine (C=N–C) groups is 1. The van der Waals surface area contributed by atoms with E-state index in [2.05, 4.69) is 36.5 Å². The Balaban J connectivity index is 3.09. The van der Waals surface area contributed by atoms with Crippen molar-refractivity contribution in [2.75, 3.05) is 5.32 Å². The summed E-state index contributed by atoms with van der Waals surface area (Å²) in [5, 5.41) is 4.50. The number of nitrogens with two attached hydrogens (primary N) is 1. The van der Waals surface area contributed by atoms with Gasteiger partial charge in [0.2, 0.25) is 5.96 Å². The van der Waals surface area contributed by atoms with E-state index in [9.17, 15) is 14.4 Å². The van der Waals surface area contributed by atoms with Gasteiger partial charge in [0.05, 0.1) is 9.50 Å². The van der Waals surface area contributed by atoms with Gasteiger partial charge in [0.1, 0.15) is 22.6 Å². The van der Waals surface area contributed by atoms with Crippen LogP contribution in [-0.4, -0.2) is 40.2 Å². The van der Waals surface area contributed by atoms with Crippen molar-refractivity contribution in [2.45, 2.75) is 52.7 Å². The second-order valence-corrected chi connectivity index (χ2v) is 8.93. The number of anilines is 1. The maximum Gasteiger partial charge on any atom is 0.437 e. The summed E-state index contributed by atoms with van der Waals surface area (Å²) in [4.78, 5) is 43.7. The standard InChI is InChI=1S/C17H23BrClN5O5/c1-16(2,3)28-14(26)22-11-9(10(19)8(18)7-21-11)12(25)23-13(20)24-15(27)29-17(4,5)6/h7H,1-6H3,(H,21,22,26)(H3,20,23,24,25,27). The molecule has 0 saturated heterocycles. The molecule has 0 saturated carbocycles. The zero-order chi connectivity index (χ0) is 22.6. The quantitative estimate of drug-likeness (QED) is 0.420. The maximum atomic E-state index is 12.6. The van der Waals surface area contributed by atoms with Gasteiger partial charge in [-0.2, -0.15) is 0 Å². The number of amides is 3. The van der Waals surface area contributed by atoms with Crippen LogP contribution in [0.4, 0.5) is 15.4 Å². The van der Waals surface area contributed by atoms with E-state index in [1.807, 2.05) is 0 Å². The first kappa shape index (κ1) is 24.6. The molecule has 0 unspecified atom stereocenters. The van der Waals surface area contributed by atoms with Gasteiger partial charge in [0, 0.05) is 6.20 Å². The van der Waals surface area contributed by atoms with Gasteiger partial charge < -0.3 is 15.2 Å². The first-order valence-electron chi connectivity index (χ1n) is 8.31. The highest BCUT2D eigenvalue weighted by Crippen LogP contribution is 2.30. The third-order valence-corrected chi connectivity index (χ3v) is 3.89. The predicted molar refractivity (Wildman–Crippen MR) is 112 cm³/mol. The number of hydrogen-bond donors (Lipinski definition) is 3. The fourth-order valence-corrected chi connectivity index (χ4v) is 2.28. The minimum Gasteiger partial charge on any atom is -0.444 e. The molecular formula is C17H23BrClN5O5. The number of pyridine rings is 1. The molecule has 160 valence electrons. The summed E-state index contributed by atoms with van der Waals surface area (Å²) in [6, 6.07) is 0. The number of carbonyl (C=O) groups is 3. The van der Waals surface area contributed by atoms with Crippen LogP contribution in [-0.2, 0) is 9.47 Å². The van der Waals surface area contributed by atoms with E-state index in [-0.39, 0.29) is 16.4 Å². The van der Waals surface area contributed by atoms with Gasteiger partial charge in [-0.3, -0.25) is 15.4 Å². The van der Waals surface area contributed by atoms with Crippen LogP contribution < -0.4 is 16.4 Å². The number of nitrogens with one attached hydrogen (secondary N) is 2. The van der Waals surface area contributed by atoms with Gasteiger partial charge in [-0.25, -0.2) is 14.6 Å². The first-order chi connectivity index (χ1) is 13.1. The molecule has 0 aromatic carbocycles. The Morgan fingerprint density at radius 2 is 1.69 bits per heavy atom. The Kier molecular flexibility index (Phi) is 7.98. The Morgan fingerprint density at radius 3 is 2.21 bits per heavy atom. The Hall–Kier alpha value is -2.40. The van der Waals surface area contributed by atoms with E-state index in [4.69, 9.17) is 26.8 Å². The summed E-state index contributed by atoms with van der Waals surface area (Å²) in [5.41, 5.74) is 3.82. The number of hydrogen-bond acceptors (Lipinski definition) is 6. The average molecular weight is 493 g/mol. The number of ether oxygens (including phenoxy) is 2. The predicted octanol–water partition coefficient (Wildman–Crippen LogP) is 3.82. The fraction of sp³-hybridized carbons (Fsp3) is 0.471. The van der Waals surface area contributed by atoms with Crippen molar-refractivity contribution < 1.29 is 23.9 Å². The highest BCUT2D eigenvalue weighted by atomic mass is 79.9. The van der Waals surface area contributed by atoms with Crippen LogP contribution in [0.1, 0.15) is 51.9 Å². The molecule has 1 aromatic heterocycles. The lowest BCUT2D eigenvalue weighted by Gasteiger charge is -2.20. The second-order valence-electron chi connectivity index (χ2n) is 7.70. The van der Waals surface area contributed by atoms with Crippen LogP contribution in [0.25, 0.3) is 0 Å². The zero-order valence-electron chi connectivity index (χ0n) is 16.8. The number of guanidine groups is 1. The zero-order valence-corrected chi connectivity index (χ0v) is 19.2. The van der Waals surface area contributed by atoms with Crippen molar-refractivity contribution in [1.82, 2.24) is 10.3 Å². The van der Waals surface area contributed by atoms with E-state index in [1.165, 1.54) is 6.20 Å². The number of rotatable bonds is 2. The van der Waals surface area contributed by atoms with Gasteiger partial charge >= 0.3 is 12.2 Å². The third-order valence-electron chi connectivity index (χ3n) is 2.67. The highest BCUT2D eigenvalue weighted by Gasteiger charge is 2.24. The Morgan fingerprint density at radius 1 is 1.14 bits per heavy atom. The van der Waals surface area contributed by atoms with Crippen LogP contribution in [0.3, 0.4) is 0 Å². The van der Waals surface area contributed by atoms with E-state index >= 15 is 0 Å². The van der Waals surface area contributed by atoms with Crippen molar-refractivity contribution in [3.05, 3.63) is 21.3 Å². The van der Waals surface area contributed by atoms with Gasteiger partial charge in [-0.15, -0.1) is 4.99 Å². The molecule has 0 aliphatic rings. The van der Waals surface area contributed by atoms with Crippen LogP contribution in [0.5, 0.6) is 0 Å². The van der Waals surface area contributed by atoms with Crippen molar-refractivity contribution in [3.63, 3.8) is 0 Å². The van der Waals surface area contributed by atoms with Gasteiger partial charge in [-0.1, -0.05) is 11.6 Å². The minimum absolute atomic E-state index is 0.0476. The number of aromatic nitrogens is 1. The van der Waals surface area contributed by atoms with Gasteiger partial charge in [0.15, 0.2) is 0 Å². The summed E-state index contributed by atoms with van der Waals surface area (Å²) in [6.45, 7) is 9.98. The SMILES string of the molecule is CC(C)(C)OC(=O)/N=C(\N)NC(=O)c1c(NC(=O)OC(C)(C)C)ncc(Br)c1Cl. The summed E-state index contributed by atoms with van der Waals surface area (Å²) in [5.74, 6) is -1.56. The van der Waals surface area contributed by atoms with Crippen LogP contribution in [0.2, 0.25) is 5.02 Å². The third kappa shape index (κ3) is 8.65. The second kappa shape index (κ2) is 9.40. The van der Waals surface area contributed by atoms with Gasteiger partial charge in [-0.05, 0) is 57.5 Å². The molecule has 29 heavy (non-hydrogen) atoms. The first-order valence-corrected chi connectivity index (χ1v) is 9.48. The summed E-state index contributed by atoms with van der Waals surface area (Å²) in [6.07, 6.45) is -0.530. The molecule has 0 aliphatic carbocycles. The molecule has 0 aliphatic heterocycles. The van der Waals surface area contributed by atoms with Crippen molar-refractivity contribution in [3.8, 4) is 0 Å². The number of nitrogens with zero attached hydrogens (tertiary/aromatic N) is 2. The van der Waals surface area contributed by atoms with Crippen LogP contribution >= 0.6 is 27.5 Å². The number of carbonyl (C=O) groups excluding carboxylic acids is 3. The molecule has 1 heterocycles. The highest BCUT2D eigenvalue weighted by molar-refractivity contribution is 9.10. The minimum atomic E-state index is -0.985. The molecule has 0 atom stereocenters. The topological polar surface area (TPSA) is 145 Å². The fourth-order valence-electron chi connectivity index (χ4n) is 1.76. The molecule has 0 spiro atoms. The lowest BCUT2D eigenvalue weighted by Crippen LogP contribution is -2.38. The normalized spacial score (nSPS) is 12.2. The van der Waals surface area contributed by atoms with Crippen molar-refractivity contribution in [1.29, 1.82) is 0 Å². The molecule has 12 heteroatoms. The molecule has 0 fully saturated rings. The average Bonchev–Trinajstić information content (AvgIpc) is 2.46. The van der Waals surface area contributed by atoms with E-state index in [0.717, 1.165) is 0 Å². The molecular weight excluding hydrogens is 470 g/mol. The lowest BCUT2D eigenvalue weighted by molar-refractivity contribution is 0.0600. The summed E-state index contributed by atoms with van der Waals surface area (Å²) < 4.78 is 10.4. The molecule has 0 radical (unpaired) electrons. The molecule has 0 bridgehead atoms. The van der Waals surface area contributed by atoms with Crippen LogP contribution in [0.15, 0.2) is 15.7 Å². The van der Waals surface area contributed by atoms with E-state index in [1.54, 1.807) is 41.5 Å². The summed E-state index contributed by atoms with van der Waals surface area (Å²) >= 11 is 9.32. The largest absolute Gasteiger partial charge is 0.444 e. The van der Waals surface area contributed by atoms with E-state index < -0.39 is 35.3 Å². The Bertz CT molecular complexity index is 846. The van der Waals surface area contributed by atoms with Gasteiger partial charge in [0.25, 0.3) is 5.91 Å². The van der Waals surface area contributed by atoms with Crippen LogP contribution in [0, 0.1) is 0 Å². The Labute approximate surface area is 181 Å².